The molecule has 1 rings (SSSR count). The predicted molar refractivity (Wildman–Crippen MR) is 80.3 cm³/mol. The molecule has 0 aromatic heterocycles. The Kier molecular flexibility index (Phi) is 5.90. The number of amides is 1. The molecule has 0 spiro atoms. The molecule has 21 heavy (non-hydrogen) atoms. The maximum atomic E-state index is 11.4. The lowest BCUT2D eigenvalue weighted by Gasteiger charge is -2.20. The van der Waals surface area contributed by atoms with Crippen LogP contribution in [-0.2, 0) is 26.2 Å². The van der Waals surface area contributed by atoms with Crippen LogP contribution in [0.15, 0.2) is 24.3 Å². The monoisotopic (exact) mass is 293 g/mol. The van der Waals surface area contributed by atoms with Gasteiger partial charge in [-0.15, -0.1) is 0 Å². The maximum Gasteiger partial charge on any atom is 0.326 e. The highest BCUT2D eigenvalue weighted by Gasteiger charge is 2.20. The van der Waals surface area contributed by atoms with Gasteiger partial charge in [0.1, 0.15) is 12.6 Å². The fourth-order valence-electron chi connectivity index (χ4n) is 1.94. The highest BCUT2D eigenvalue weighted by molar-refractivity contribution is 5.84. The normalized spacial score (nSPS) is 12.8. The van der Waals surface area contributed by atoms with Crippen LogP contribution in [0.25, 0.3) is 0 Å². The third-order valence-electron chi connectivity index (χ3n) is 3.17. The van der Waals surface area contributed by atoms with Gasteiger partial charge in [-0.1, -0.05) is 45.0 Å². The van der Waals surface area contributed by atoms with Gasteiger partial charge in [0.2, 0.25) is 5.91 Å². The summed E-state index contributed by atoms with van der Waals surface area (Å²) in [7, 11) is 1.39. The lowest BCUT2D eigenvalue weighted by molar-refractivity contribution is -0.142. The summed E-state index contributed by atoms with van der Waals surface area (Å²) in [6.07, 6.45) is 0.245. The molecule has 0 radical (unpaired) electrons. The van der Waals surface area contributed by atoms with Crippen LogP contribution < -0.4 is 5.32 Å². The van der Waals surface area contributed by atoms with Gasteiger partial charge >= 0.3 is 5.97 Å². The van der Waals surface area contributed by atoms with Gasteiger partial charge in [-0.25, -0.2) is 4.79 Å². The number of nitrogens with one attached hydrogen (secondary N) is 1. The molecule has 116 valence electrons. The molecule has 1 aromatic carbocycles. The number of aliphatic carboxylic acids is 1. The Labute approximate surface area is 125 Å². The van der Waals surface area contributed by atoms with Crippen LogP contribution in [0.4, 0.5) is 0 Å². The second-order valence-electron chi connectivity index (χ2n) is 6.04. The smallest absolute Gasteiger partial charge is 0.326 e. The summed E-state index contributed by atoms with van der Waals surface area (Å²) in [5, 5.41) is 11.6. The number of carboxylic acid groups (broad SMARTS) is 1. The number of carboxylic acids is 1. The van der Waals surface area contributed by atoms with E-state index in [1.54, 1.807) is 0 Å². The van der Waals surface area contributed by atoms with Gasteiger partial charge in [-0.05, 0) is 16.5 Å². The van der Waals surface area contributed by atoms with Crippen molar-refractivity contribution in [1.29, 1.82) is 0 Å². The number of methoxy groups -OCH3 is 1. The molecule has 0 fully saturated rings. The Balaban J connectivity index is 2.76. The molecule has 5 nitrogen and oxygen atoms in total. The summed E-state index contributed by atoms with van der Waals surface area (Å²) in [5.74, 6) is -1.49. The molecular formula is C16H23NO4. The molecule has 0 unspecified atom stereocenters. The van der Waals surface area contributed by atoms with Crippen molar-refractivity contribution in [2.45, 2.75) is 38.6 Å². The van der Waals surface area contributed by atoms with Crippen LogP contribution in [0.5, 0.6) is 0 Å². The van der Waals surface area contributed by atoms with Gasteiger partial charge in [0.25, 0.3) is 0 Å². The molecule has 0 aliphatic heterocycles. The SMILES string of the molecule is COCC(=O)N[C@H](Cc1ccc(C(C)(C)C)cc1)C(=O)O. The fraction of sp³-hybridized carbons (Fsp3) is 0.500. The number of carbonyl (C=O) groups excluding carboxylic acids is 1. The van der Waals surface area contributed by atoms with Crippen molar-refractivity contribution in [2.75, 3.05) is 13.7 Å². The number of ether oxygens (including phenoxy) is 1. The summed E-state index contributed by atoms with van der Waals surface area (Å²) >= 11 is 0. The van der Waals surface area contributed by atoms with E-state index in [1.807, 2.05) is 24.3 Å². The van der Waals surface area contributed by atoms with Crippen LogP contribution >= 0.6 is 0 Å². The Hall–Kier alpha value is -1.88. The molecule has 1 amide bonds. The highest BCUT2D eigenvalue weighted by atomic mass is 16.5. The second-order valence-corrected chi connectivity index (χ2v) is 6.04. The Morgan fingerprint density at radius 3 is 2.24 bits per heavy atom. The molecule has 5 heteroatoms. The van der Waals surface area contributed by atoms with Crippen LogP contribution in [0, 0.1) is 0 Å². The van der Waals surface area contributed by atoms with Crippen molar-refractivity contribution in [3.63, 3.8) is 0 Å². The second kappa shape index (κ2) is 7.22. The first-order chi connectivity index (χ1) is 9.74. The standard InChI is InChI=1S/C16H23NO4/c1-16(2,3)12-7-5-11(6-8-12)9-13(15(19)20)17-14(18)10-21-4/h5-8,13H,9-10H2,1-4H3,(H,17,18)(H,19,20)/t13-/m1/s1. The molecular weight excluding hydrogens is 270 g/mol. The van der Waals surface area contributed by atoms with E-state index in [-0.39, 0.29) is 18.4 Å². The quantitative estimate of drug-likeness (QED) is 0.837. The van der Waals surface area contributed by atoms with Crippen molar-refractivity contribution in [1.82, 2.24) is 5.32 Å². The topological polar surface area (TPSA) is 75.6 Å². The molecule has 0 aliphatic rings. The number of rotatable bonds is 6. The molecule has 0 saturated carbocycles. The van der Waals surface area contributed by atoms with E-state index in [9.17, 15) is 14.7 Å². The van der Waals surface area contributed by atoms with Crippen molar-refractivity contribution in [2.24, 2.45) is 0 Å². The lowest BCUT2D eigenvalue weighted by Crippen LogP contribution is -2.43. The maximum absolute atomic E-state index is 11.4. The average Bonchev–Trinajstić information content (AvgIpc) is 2.37. The van der Waals surface area contributed by atoms with E-state index in [2.05, 4.69) is 30.8 Å². The van der Waals surface area contributed by atoms with Crippen molar-refractivity contribution in [3.8, 4) is 0 Å². The van der Waals surface area contributed by atoms with Crippen molar-refractivity contribution >= 4 is 11.9 Å². The number of benzene rings is 1. The first-order valence-corrected chi connectivity index (χ1v) is 6.84. The number of hydrogen-bond donors (Lipinski definition) is 2. The van der Waals surface area contributed by atoms with E-state index in [0.29, 0.717) is 0 Å². The van der Waals surface area contributed by atoms with Gasteiger partial charge in [0.15, 0.2) is 0 Å². The van der Waals surface area contributed by atoms with Gasteiger partial charge in [-0.2, -0.15) is 0 Å². The molecule has 0 saturated heterocycles. The molecule has 2 N–H and O–H groups in total. The molecule has 1 aromatic rings. The highest BCUT2D eigenvalue weighted by Crippen LogP contribution is 2.22. The third-order valence-corrected chi connectivity index (χ3v) is 3.17. The third kappa shape index (κ3) is 5.55. The minimum Gasteiger partial charge on any atom is -0.480 e. The largest absolute Gasteiger partial charge is 0.480 e. The van der Waals surface area contributed by atoms with Gasteiger partial charge < -0.3 is 15.2 Å². The van der Waals surface area contributed by atoms with E-state index >= 15 is 0 Å². The Morgan fingerprint density at radius 2 is 1.81 bits per heavy atom. The van der Waals surface area contributed by atoms with Gasteiger partial charge in [0, 0.05) is 13.5 Å². The molecule has 0 aliphatic carbocycles. The average molecular weight is 293 g/mol. The summed E-state index contributed by atoms with van der Waals surface area (Å²) in [5.41, 5.74) is 2.10. The van der Waals surface area contributed by atoms with Crippen LogP contribution in [0.1, 0.15) is 31.9 Å². The zero-order valence-corrected chi connectivity index (χ0v) is 13.0. The van der Waals surface area contributed by atoms with E-state index in [1.165, 1.54) is 12.7 Å². The molecule has 1 atom stereocenters. The lowest BCUT2D eigenvalue weighted by atomic mass is 9.86. The Bertz CT molecular complexity index is 488. The van der Waals surface area contributed by atoms with Gasteiger partial charge in [-0.3, -0.25) is 4.79 Å². The number of carbonyl (C=O) groups is 2. The van der Waals surface area contributed by atoms with Crippen LogP contribution in [0.3, 0.4) is 0 Å². The van der Waals surface area contributed by atoms with E-state index < -0.39 is 17.9 Å². The summed E-state index contributed by atoms with van der Waals surface area (Å²) in [4.78, 5) is 22.6. The predicted octanol–water partition coefficient (Wildman–Crippen LogP) is 1.74. The van der Waals surface area contributed by atoms with Crippen LogP contribution in [-0.4, -0.2) is 36.7 Å². The summed E-state index contributed by atoms with van der Waals surface area (Å²) < 4.78 is 4.68. The van der Waals surface area contributed by atoms with Crippen molar-refractivity contribution in [3.05, 3.63) is 35.4 Å². The minimum atomic E-state index is -1.06. The zero-order chi connectivity index (χ0) is 16.0. The van der Waals surface area contributed by atoms with E-state index in [0.717, 1.165) is 5.56 Å². The van der Waals surface area contributed by atoms with Crippen molar-refractivity contribution < 1.29 is 19.4 Å². The summed E-state index contributed by atoms with van der Waals surface area (Å²) in [6, 6.07) is 6.84. The fourth-order valence-corrected chi connectivity index (χ4v) is 1.94. The van der Waals surface area contributed by atoms with Gasteiger partial charge in [0.05, 0.1) is 0 Å². The minimum absolute atomic E-state index is 0.0530. The first kappa shape index (κ1) is 17.2. The number of hydrogen-bond acceptors (Lipinski definition) is 3. The van der Waals surface area contributed by atoms with E-state index in [4.69, 9.17) is 0 Å². The Morgan fingerprint density at radius 1 is 1.24 bits per heavy atom. The zero-order valence-electron chi connectivity index (χ0n) is 13.0. The molecule has 0 bridgehead atoms. The molecule has 0 heterocycles. The summed E-state index contributed by atoms with van der Waals surface area (Å²) in [6.45, 7) is 6.21. The first-order valence-electron chi connectivity index (χ1n) is 6.84. The van der Waals surface area contributed by atoms with Crippen LogP contribution in [0.2, 0.25) is 0 Å².